The molecule has 0 N–H and O–H groups in total. The first-order chi connectivity index (χ1) is 12.2. The van der Waals surface area contributed by atoms with E-state index >= 15 is 0 Å². The van der Waals surface area contributed by atoms with Gasteiger partial charge in [-0.05, 0) is 37.7 Å². The Kier molecular flexibility index (Phi) is 5.46. The molecule has 0 unspecified atom stereocenters. The lowest BCUT2D eigenvalue weighted by molar-refractivity contribution is -0.134. The molecule has 4 nitrogen and oxygen atoms in total. The highest BCUT2D eigenvalue weighted by molar-refractivity contribution is 8.77. The van der Waals surface area contributed by atoms with E-state index in [-0.39, 0.29) is 5.56 Å². The van der Waals surface area contributed by atoms with E-state index in [1.54, 1.807) is 6.07 Å². The molecule has 2 saturated heterocycles. The van der Waals surface area contributed by atoms with Crippen LogP contribution < -0.4 is 5.56 Å². The van der Waals surface area contributed by atoms with E-state index in [0.29, 0.717) is 24.2 Å². The van der Waals surface area contributed by atoms with Crippen molar-refractivity contribution in [3.05, 3.63) is 34.2 Å². The van der Waals surface area contributed by atoms with E-state index in [4.69, 9.17) is 0 Å². The number of amides is 1. The summed E-state index contributed by atoms with van der Waals surface area (Å²) >= 11 is 0. The summed E-state index contributed by atoms with van der Waals surface area (Å²) < 4.78 is 1.93. The zero-order valence-electron chi connectivity index (χ0n) is 14.6. The average Bonchev–Trinajstić information content (AvgIpc) is 3.13. The fraction of sp³-hybridized carbons (Fsp3) is 0.684. The Morgan fingerprint density at radius 3 is 2.96 bits per heavy atom. The molecular weight excluding hydrogens is 352 g/mol. The Morgan fingerprint density at radius 1 is 1.20 bits per heavy atom. The van der Waals surface area contributed by atoms with Crippen LogP contribution in [0, 0.1) is 5.92 Å². The molecule has 0 aliphatic carbocycles. The quantitative estimate of drug-likeness (QED) is 0.581. The van der Waals surface area contributed by atoms with Crippen LogP contribution in [0.1, 0.15) is 50.1 Å². The normalized spacial score (nSPS) is 28.0. The summed E-state index contributed by atoms with van der Waals surface area (Å²) in [5, 5.41) is 0.809. The predicted molar refractivity (Wildman–Crippen MR) is 105 cm³/mol. The third kappa shape index (κ3) is 3.95. The van der Waals surface area contributed by atoms with Crippen molar-refractivity contribution in [2.75, 3.05) is 18.8 Å². The molecule has 25 heavy (non-hydrogen) atoms. The van der Waals surface area contributed by atoms with Crippen LogP contribution in [0.15, 0.2) is 23.0 Å². The van der Waals surface area contributed by atoms with Crippen molar-refractivity contribution in [3.63, 3.8) is 0 Å². The van der Waals surface area contributed by atoms with Crippen LogP contribution in [-0.2, 0) is 11.3 Å². The van der Waals surface area contributed by atoms with Gasteiger partial charge in [0.25, 0.3) is 5.56 Å². The molecule has 136 valence electrons. The van der Waals surface area contributed by atoms with Gasteiger partial charge in [0.2, 0.25) is 5.91 Å². The van der Waals surface area contributed by atoms with E-state index in [9.17, 15) is 9.59 Å². The van der Waals surface area contributed by atoms with Gasteiger partial charge in [-0.25, -0.2) is 0 Å². The van der Waals surface area contributed by atoms with Gasteiger partial charge in [-0.3, -0.25) is 9.59 Å². The number of rotatable bonds is 5. The van der Waals surface area contributed by atoms with Gasteiger partial charge in [0.15, 0.2) is 0 Å². The molecule has 2 bridgehead atoms. The minimum Gasteiger partial charge on any atom is -0.342 e. The number of carbonyl (C=O) groups is 1. The molecule has 3 aliphatic rings. The zero-order valence-corrected chi connectivity index (χ0v) is 16.2. The largest absolute Gasteiger partial charge is 0.342 e. The van der Waals surface area contributed by atoms with Crippen LogP contribution >= 0.6 is 21.6 Å². The molecule has 0 aromatic carbocycles. The highest BCUT2D eigenvalue weighted by atomic mass is 33.1. The van der Waals surface area contributed by atoms with Gasteiger partial charge in [0, 0.05) is 54.7 Å². The van der Waals surface area contributed by atoms with Crippen molar-refractivity contribution in [1.82, 2.24) is 9.47 Å². The minimum atomic E-state index is 0.106. The topological polar surface area (TPSA) is 42.3 Å². The standard InChI is InChI=1S/C19H26N2O2S2/c22-18(6-2-1-4-16-8-9-24-25-16)20-11-14-10-15(13-20)17-5-3-7-19(23)21(17)12-14/h3,5,7,14-16H,1-2,4,6,8-13H2/t14-,15+,16-/m1/s1. The molecule has 0 radical (unpaired) electrons. The Labute approximate surface area is 157 Å². The summed E-state index contributed by atoms with van der Waals surface area (Å²) in [7, 11) is 4.02. The molecule has 2 fully saturated rings. The van der Waals surface area contributed by atoms with Gasteiger partial charge in [-0.15, -0.1) is 0 Å². The Balaban J connectivity index is 1.30. The first-order valence-corrected chi connectivity index (χ1v) is 11.8. The molecule has 6 heteroatoms. The van der Waals surface area contributed by atoms with Gasteiger partial charge in [0.05, 0.1) is 0 Å². The molecule has 4 rings (SSSR count). The summed E-state index contributed by atoms with van der Waals surface area (Å²) in [5.41, 5.74) is 1.23. The molecule has 4 heterocycles. The van der Waals surface area contributed by atoms with Crippen molar-refractivity contribution in [2.24, 2.45) is 5.92 Å². The number of unbranched alkanes of at least 4 members (excludes halogenated alkanes) is 1. The summed E-state index contributed by atoms with van der Waals surface area (Å²) in [6, 6.07) is 5.57. The van der Waals surface area contributed by atoms with Crippen molar-refractivity contribution >= 4 is 27.5 Å². The minimum absolute atomic E-state index is 0.106. The van der Waals surface area contributed by atoms with E-state index in [1.165, 1.54) is 25.0 Å². The Morgan fingerprint density at radius 2 is 2.12 bits per heavy atom. The van der Waals surface area contributed by atoms with E-state index < -0.39 is 0 Å². The molecule has 0 spiro atoms. The fourth-order valence-corrected chi connectivity index (χ4v) is 7.50. The van der Waals surface area contributed by atoms with Crippen molar-refractivity contribution in [2.45, 2.75) is 56.2 Å². The van der Waals surface area contributed by atoms with Gasteiger partial charge in [-0.2, -0.15) is 0 Å². The van der Waals surface area contributed by atoms with Gasteiger partial charge in [0.1, 0.15) is 0 Å². The first kappa shape index (κ1) is 17.5. The van der Waals surface area contributed by atoms with Crippen LogP contribution in [0.2, 0.25) is 0 Å². The summed E-state index contributed by atoms with van der Waals surface area (Å²) in [4.78, 5) is 26.8. The highest BCUT2D eigenvalue weighted by Crippen LogP contribution is 2.40. The van der Waals surface area contributed by atoms with E-state index in [2.05, 4.69) is 11.0 Å². The number of likely N-dealkylation sites (tertiary alicyclic amines) is 1. The van der Waals surface area contributed by atoms with Crippen molar-refractivity contribution in [1.29, 1.82) is 0 Å². The van der Waals surface area contributed by atoms with Crippen LogP contribution in [-0.4, -0.2) is 39.5 Å². The lowest BCUT2D eigenvalue weighted by atomic mass is 9.83. The van der Waals surface area contributed by atoms with Crippen LogP contribution in [0.25, 0.3) is 0 Å². The van der Waals surface area contributed by atoms with Crippen LogP contribution in [0.4, 0.5) is 0 Å². The molecular formula is C19H26N2O2S2. The maximum absolute atomic E-state index is 12.7. The molecule has 1 aromatic rings. The van der Waals surface area contributed by atoms with Crippen molar-refractivity contribution in [3.8, 4) is 0 Å². The first-order valence-electron chi connectivity index (χ1n) is 9.46. The third-order valence-electron chi connectivity index (χ3n) is 5.73. The van der Waals surface area contributed by atoms with Crippen molar-refractivity contribution < 1.29 is 4.79 Å². The number of hydrogen-bond acceptors (Lipinski definition) is 4. The number of aromatic nitrogens is 1. The second-order valence-electron chi connectivity index (χ2n) is 7.57. The molecule has 1 aromatic heterocycles. The number of fused-ring (bicyclic) bond motifs is 4. The van der Waals surface area contributed by atoms with E-state index in [1.807, 2.05) is 32.2 Å². The predicted octanol–water partition coefficient (Wildman–Crippen LogP) is 3.51. The van der Waals surface area contributed by atoms with Gasteiger partial charge >= 0.3 is 0 Å². The number of piperidine rings is 1. The summed E-state index contributed by atoms with van der Waals surface area (Å²) in [5.74, 6) is 2.37. The number of hydrogen-bond donors (Lipinski definition) is 0. The monoisotopic (exact) mass is 378 g/mol. The lowest BCUT2D eigenvalue weighted by Gasteiger charge is -2.42. The van der Waals surface area contributed by atoms with Crippen LogP contribution in [0.3, 0.4) is 0 Å². The Bertz CT molecular complexity index is 684. The zero-order chi connectivity index (χ0) is 17.2. The van der Waals surface area contributed by atoms with Crippen LogP contribution in [0.5, 0.6) is 0 Å². The fourth-order valence-electron chi connectivity index (χ4n) is 4.47. The second-order valence-corrected chi connectivity index (χ2v) is 10.4. The maximum atomic E-state index is 12.7. The number of pyridine rings is 1. The molecule has 3 atom stereocenters. The van der Waals surface area contributed by atoms with Gasteiger partial charge in [-0.1, -0.05) is 34.1 Å². The summed E-state index contributed by atoms with van der Waals surface area (Å²) in [6.07, 6.45) is 6.57. The van der Waals surface area contributed by atoms with E-state index in [0.717, 1.165) is 43.4 Å². The SMILES string of the molecule is O=C(CCCC[C@@H]1CCSS1)N1C[C@H]2C[C@@H](C1)c1cccc(=O)n1C2. The Hall–Kier alpha value is -0.880. The maximum Gasteiger partial charge on any atom is 0.250 e. The second kappa shape index (κ2) is 7.78. The highest BCUT2D eigenvalue weighted by Gasteiger charge is 2.35. The number of nitrogens with zero attached hydrogens (tertiary/aromatic N) is 2. The average molecular weight is 379 g/mol. The molecule has 1 amide bonds. The molecule has 3 aliphatic heterocycles. The number of carbonyl (C=O) groups excluding carboxylic acids is 1. The molecule has 0 saturated carbocycles. The smallest absolute Gasteiger partial charge is 0.250 e. The van der Waals surface area contributed by atoms with Gasteiger partial charge < -0.3 is 9.47 Å². The summed E-state index contributed by atoms with van der Waals surface area (Å²) in [6.45, 7) is 2.38. The third-order valence-corrected chi connectivity index (χ3v) is 8.73. The lowest BCUT2D eigenvalue weighted by Crippen LogP contribution is -2.49.